The SMILES string of the molecule is C=CC[N+](C)(C)CC=C.O=C(O)O.O=C([O-])O. The zero-order valence-electron chi connectivity index (χ0n) is 10.00. The highest BCUT2D eigenvalue weighted by Crippen LogP contribution is 1.95. The Kier molecular flexibility index (Phi) is 14.5. The topological polar surface area (TPSA) is 118 Å². The van der Waals surface area contributed by atoms with Crippen LogP contribution < -0.4 is 5.11 Å². The Hall–Kier alpha value is -2.02. The van der Waals surface area contributed by atoms with Gasteiger partial charge < -0.3 is 29.7 Å². The van der Waals surface area contributed by atoms with Crippen LogP contribution in [-0.4, -0.2) is 59.3 Å². The second kappa shape index (κ2) is 12.1. The van der Waals surface area contributed by atoms with Crippen molar-refractivity contribution in [1.82, 2.24) is 0 Å². The third kappa shape index (κ3) is 56.1. The van der Waals surface area contributed by atoms with E-state index >= 15 is 0 Å². The third-order valence-electron chi connectivity index (χ3n) is 1.25. The summed E-state index contributed by atoms with van der Waals surface area (Å²) in [5.41, 5.74) is 0. The van der Waals surface area contributed by atoms with Crippen LogP contribution in [0.25, 0.3) is 0 Å². The molecule has 0 bridgehead atoms. The predicted molar refractivity (Wildman–Crippen MR) is 60.9 cm³/mol. The summed E-state index contributed by atoms with van der Waals surface area (Å²) in [4.78, 5) is 17.0. The zero-order chi connectivity index (χ0) is 14.5. The molecule has 0 aliphatic rings. The van der Waals surface area contributed by atoms with E-state index in [1.54, 1.807) is 0 Å². The van der Waals surface area contributed by atoms with Crippen LogP contribution in [0, 0.1) is 0 Å². The van der Waals surface area contributed by atoms with Crippen molar-refractivity contribution in [1.29, 1.82) is 0 Å². The summed E-state index contributed by atoms with van der Waals surface area (Å²) >= 11 is 0. The largest absolute Gasteiger partial charge is 0.565 e. The third-order valence-corrected chi connectivity index (χ3v) is 1.25. The first-order valence-electron chi connectivity index (χ1n) is 4.44. The van der Waals surface area contributed by atoms with Gasteiger partial charge in [-0.1, -0.05) is 13.2 Å². The summed E-state index contributed by atoms with van der Waals surface area (Å²) in [5, 5.41) is 29.2. The molecule has 0 heterocycles. The van der Waals surface area contributed by atoms with Gasteiger partial charge in [-0.25, -0.2) is 4.79 Å². The first-order valence-corrected chi connectivity index (χ1v) is 4.44. The van der Waals surface area contributed by atoms with E-state index in [2.05, 4.69) is 27.3 Å². The van der Waals surface area contributed by atoms with Gasteiger partial charge in [0.2, 0.25) is 6.16 Å². The molecule has 0 saturated carbocycles. The Bertz CT molecular complexity index is 217. The van der Waals surface area contributed by atoms with E-state index in [4.69, 9.17) is 30.0 Å². The summed E-state index contributed by atoms with van der Waals surface area (Å²) in [7, 11) is 4.31. The maximum atomic E-state index is 8.56. The molecular weight excluding hydrogens is 230 g/mol. The molecule has 0 radical (unpaired) electrons. The molecule has 7 heteroatoms. The minimum absolute atomic E-state index is 0.951. The van der Waals surface area contributed by atoms with Crippen molar-refractivity contribution in [3.8, 4) is 0 Å². The molecule has 0 atom stereocenters. The highest BCUT2D eigenvalue weighted by Gasteiger charge is 2.07. The Morgan fingerprint density at radius 1 is 1.12 bits per heavy atom. The molecule has 100 valence electrons. The van der Waals surface area contributed by atoms with E-state index < -0.39 is 12.3 Å². The number of hydrogen-bond donors (Lipinski definition) is 3. The maximum Gasteiger partial charge on any atom is 0.503 e. The molecule has 0 aliphatic heterocycles. The summed E-state index contributed by atoms with van der Waals surface area (Å²) in [6, 6.07) is 0. The van der Waals surface area contributed by atoms with Crippen molar-refractivity contribution in [2.45, 2.75) is 0 Å². The summed E-state index contributed by atoms with van der Waals surface area (Å²) in [6.45, 7) is 9.37. The van der Waals surface area contributed by atoms with Crippen molar-refractivity contribution in [2.24, 2.45) is 0 Å². The molecule has 0 saturated heterocycles. The lowest BCUT2D eigenvalue weighted by atomic mass is 10.4. The number of hydrogen-bond acceptors (Lipinski definition) is 3. The van der Waals surface area contributed by atoms with Gasteiger partial charge in [0.25, 0.3) is 0 Å². The first-order chi connectivity index (χ1) is 7.59. The molecule has 0 spiro atoms. The number of quaternary nitrogens is 1. The lowest BCUT2D eigenvalue weighted by Crippen LogP contribution is -2.39. The maximum absolute atomic E-state index is 8.56. The molecule has 17 heavy (non-hydrogen) atoms. The van der Waals surface area contributed by atoms with Gasteiger partial charge in [-0.05, 0) is 12.2 Å². The number of nitrogens with zero attached hydrogens (tertiary/aromatic N) is 1. The second-order valence-electron chi connectivity index (χ2n) is 3.43. The summed E-state index contributed by atoms with van der Waals surface area (Å²) < 4.78 is 0.951. The lowest BCUT2D eigenvalue weighted by molar-refractivity contribution is -0.878. The molecule has 0 fully saturated rings. The molecule has 0 aromatic carbocycles. The average molecular weight is 249 g/mol. The van der Waals surface area contributed by atoms with Gasteiger partial charge in [-0.15, -0.1) is 0 Å². The quantitative estimate of drug-likeness (QED) is 0.494. The molecule has 0 aliphatic carbocycles. The molecule has 3 N–H and O–H groups in total. The van der Waals surface area contributed by atoms with E-state index in [1.807, 2.05) is 12.2 Å². The number of carboxylic acid groups (broad SMARTS) is 4. The van der Waals surface area contributed by atoms with Crippen molar-refractivity contribution in [3.05, 3.63) is 25.3 Å². The fraction of sp³-hybridized carbons (Fsp3) is 0.400. The molecular formula is C10H19NO6. The Balaban J connectivity index is -0.000000205. The zero-order valence-corrected chi connectivity index (χ0v) is 10.00. The van der Waals surface area contributed by atoms with Gasteiger partial charge in [0.05, 0.1) is 27.2 Å². The highest BCUT2D eigenvalue weighted by molar-refractivity contribution is 5.53. The highest BCUT2D eigenvalue weighted by atomic mass is 16.6. The monoisotopic (exact) mass is 249 g/mol. The molecule has 0 aromatic heterocycles. The van der Waals surface area contributed by atoms with Crippen LogP contribution >= 0.6 is 0 Å². The Labute approximate surface area is 100 Å². The van der Waals surface area contributed by atoms with Crippen LogP contribution in [0.15, 0.2) is 25.3 Å². The Morgan fingerprint density at radius 3 is 1.41 bits per heavy atom. The van der Waals surface area contributed by atoms with E-state index in [9.17, 15) is 0 Å². The van der Waals surface area contributed by atoms with Gasteiger partial charge >= 0.3 is 6.16 Å². The number of carbonyl (C=O) groups is 2. The van der Waals surface area contributed by atoms with Gasteiger partial charge in [-0.3, -0.25) is 0 Å². The van der Waals surface area contributed by atoms with E-state index in [-0.39, 0.29) is 0 Å². The summed E-state index contributed by atoms with van der Waals surface area (Å²) in [6.07, 6.45) is -0.0486. The molecule has 7 nitrogen and oxygen atoms in total. The summed E-state index contributed by atoms with van der Waals surface area (Å²) in [5.74, 6) is 0. The van der Waals surface area contributed by atoms with Crippen LogP contribution in [-0.2, 0) is 0 Å². The van der Waals surface area contributed by atoms with Crippen LogP contribution in [0.3, 0.4) is 0 Å². The predicted octanol–water partition coefficient (Wildman–Crippen LogP) is 0.545. The molecule has 0 unspecified atom stereocenters. The fourth-order valence-corrected chi connectivity index (χ4v) is 0.774. The van der Waals surface area contributed by atoms with E-state index in [0.29, 0.717) is 0 Å². The van der Waals surface area contributed by atoms with Crippen molar-refractivity contribution < 1.29 is 34.5 Å². The number of rotatable bonds is 4. The molecule has 0 amide bonds. The second-order valence-corrected chi connectivity index (χ2v) is 3.43. The van der Waals surface area contributed by atoms with Crippen LogP contribution in [0.2, 0.25) is 0 Å². The molecule has 0 rings (SSSR count). The normalized spacial score (nSPS) is 8.59. The fourth-order valence-electron chi connectivity index (χ4n) is 0.774. The first kappa shape index (κ1) is 20.4. The van der Waals surface area contributed by atoms with Crippen LogP contribution in [0.5, 0.6) is 0 Å². The lowest BCUT2D eigenvalue weighted by Gasteiger charge is -2.26. The smallest absolute Gasteiger partial charge is 0.503 e. The van der Waals surface area contributed by atoms with Crippen LogP contribution in [0.4, 0.5) is 9.59 Å². The minimum Gasteiger partial charge on any atom is -0.565 e. The standard InChI is InChI=1S/C8H16N.2CH2O3/c1-5-7-9(3,4)8-6-2;2*2-1(3)4/h5-6H,1-2,7-8H2,3-4H3;2*(H2,2,3,4)/q+1;;/p-1. The number of likely N-dealkylation sites (N-methyl/N-ethyl adjacent to an activating group) is 1. The van der Waals surface area contributed by atoms with Crippen LogP contribution in [0.1, 0.15) is 0 Å². The van der Waals surface area contributed by atoms with E-state index in [1.165, 1.54) is 0 Å². The Morgan fingerprint density at radius 2 is 1.29 bits per heavy atom. The van der Waals surface area contributed by atoms with Gasteiger partial charge in [0.1, 0.15) is 0 Å². The minimum atomic E-state index is -2.08. The van der Waals surface area contributed by atoms with Gasteiger partial charge in [0, 0.05) is 0 Å². The van der Waals surface area contributed by atoms with Gasteiger partial charge in [-0.2, -0.15) is 0 Å². The van der Waals surface area contributed by atoms with Crippen molar-refractivity contribution >= 4 is 12.3 Å². The van der Waals surface area contributed by atoms with Gasteiger partial charge in [0.15, 0.2) is 0 Å². The van der Waals surface area contributed by atoms with E-state index in [0.717, 1.165) is 17.6 Å². The van der Waals surface area contributed by atoms with Crippen molar-refractivity contribution in [3.63, 3.8) is 0 Å². The van der Waals surface area contributed by atoms with Crippen molar-refractivity contribution in [2.75, 3.05) is 27.2 Å². The average Bonchev–Trinajstić information content (AvgIpc) is 2.00. The molecule has 0 aromatic rings.